The maximum atomic E-state index is 13.0. The number of benzene rings is 2. The van der Waals surface area contributed by atoms with Gasteiger partial charge in [0.2, 0.25) is 5.91 Å². The van der Waals surface area contributed by atoms with E-state index in [0.717, 1.165) is 38.7 Å². The first-order valence-corrected chi connectivity index (χ1v) is 10.6. The Morgan fingerprint density at radius 1 is 1.00 bits per heavy atom. The number of carbonyl (C=O) groups is 1. The van der Waals surface area contributed by atoms with Crippen molar-refractivity contribution in [3.8, 4) is 5.69 Å². The van der Waals surface area contributed by atoms with Gasteiger partial charge in [0.25, 0.3) is 0 Å². The van der Waals surface area contributed by atoms with Crippen LogP contribution >= 0.6 is 11.8 Å². The van der Waals surface area contributed by atoms with E-state index in [0.29, 0.717) is 5.82 Å². The standard InChI is InChI=1S/C23H23N5OS/c1-14-21(15(2)28(27-14)18-10-6-5-7-11-18)26-22(29)16(3)30-23-19-12-8-9-13-20(19)24-17(4)25-23/h5-13,16H,1-4H3,(H,26,29). The molecule has 4 rings (SSSR count). The van der Waals surface area contributed by atoms with Gasteiger partial charge in [-0.15, -0.1) is 0 Å². The molecule has 6 nitrogen and oxygen atoms in total. The zero-order chi connectivity index (χ0) is 21.3. The van der Waals surface area contributed by atoms with Crippen LogP contribution in [0.2, 0.25) is 0 Å². The Kier molecular flexibility index (Phi) is 5.55. The van der Waals surface area contributed by atoms with Crippen molar-refractivity contribution in [2.24, 2.45) is 0 Å². The van der Waals surface area contributed by atoms with E-state index in [-0.39, 0.29) is 11.2 Å². The molecule has 7 heteroatoms. The molecule has 0 saturated carbocycles. The van der Waals surface area contributed by atoms with Crippen molar-refractivity contribution in [1.29, 1.82) is 0 Å². The molecular formula is C23H23N5OS. The number of aryl methyl sites for hydroxylation is 2. The Morgan fingerprint density at radius 2 is 1.70 bits per heavy atom. The molecule has 0 aliphatic carbocycles. The van der Waals surface area contributed by atoms with Crippen LogP contribution < -0.4 is 5.32 Å². The highest BCUT2D eigenvalue weighted by molar-refractivity contribution is 8.00. The molecule has 1 amide bonds. The molecular weight excluding hydrogens is 394 g/mol. The minimum atomic E-state index is -0.332. The average molecular weight is 418 g/mol. The van der Waals surface area contributed by atoms with Crippen LogP contribution in [0.4, 0.5) is 5.69 Å². The summed E-state index contributed by atoms with van der Waals surface area (Å²) in [4.78, 5) is 22.0. The van der Waals surface area contributed by atoms with Gasteiger partial charge in [-0.25, -0.2) is 14.6 Å². The second-order valence-corrected chi connectivity index (χ2v) is 8.47. The Morgan fingerprint density at radius 3 is 2.47 bits per heavy atom. The topological polar surface area (TPSA) is 72.7 Å². The van der Waals surface area contributed by atoms with Gasteiger partial charge in [-0.3, -0.25) is 4.79 Å². The van der Waals surface area contributed by atoms with Crippen molar-refractivity contribution in [1.82, 2.24) is 19.7 Å². The van der Waals surface area contributed by atoms with Crippen LogP contribution in [-0.2, 0) is 4.79 Å². The zero-order valence-electron chi connectivity index (χ0n) is 17.4. The number of hydrogen-bond acceptors (Lipinski definition) is 5. The molecule has 0 aliphatic rings. The normalized spacial score (nSPS) is 12.1. The number of hydrogen-bond donors (Lipinski definition) is 1. The monoisotopic (exact) mass is 417 g/mol. The number of amides is 1. The number of nitrogens with zero attached hydrogens (tertiary/aromatic N) is 4. The van der Waals surface area contributed by atoms with Gasteiger partial charge < -0.3 is 5.32 Å². The van der Waals surface area contributed by atoms with E-state index in [2.05, 4.69) is 20.4 Å². The number of anilines is 1. The fourth-order valence-corrected chi connectivity index (χ4v) is 4.32. The minimum Gasteiger partial charge on any atom is -0.322 e. The molecule has 2 heterocycles. The van der Waals surface area contributed by atoms with Gasteiger partial charge in [0, 0.05) is 5.39 Å². The maximum Gasteiger partial charge on any atom is 0.237 e. The van der Waals surface area contributed by atoms with Crippen molar-refractivity contribution in [3.05, 3.63) is 71.8 Å². The zero-order valence-corrected chi connectivity index (χ0v) is 18.2. The van der Waals surface area contributed by atoms with E-state index in [1.165, 1.54) is 11.8 Å². The largest absolute Gasteiger partial charge is 0.322 e. The van der Waals surface area contributed by atoms with Crippen molar-refractivity contribution >= 4 is 34.3 Å². The number of thioether (sulfide) groups is 1. The highest BCUT2D eigenvalue weighted by atomic mass is 32.2. The molecule has 30 heavy (non-hydrogen) atoms. The Labute approximate surface area is 179 Å². The minimum absolute atomic E-state index is 0.0841. The SMILES string of the molecule is Cc1nc(SC(C)C(=O)Nc2c(C)nn(-c3ccccc3)c2C)c2ccccc2n1. The summed E-state index contributed by atoms with van der Waals surface area (Å²) >= 11 is 1.44. The quantitative estimate of drug-likeness (QED) is 0.371. The van der Waals surface area contributed by atoms with Crippen LogP contribution in [0, 0.1) is 20.8 Å². The molecule has 0 saturated heterocycles. The summed E-state index contributed by atoms with van der Waals surface area (Å²) in [6, 6.07) is 17.8. The molecule has 152 valence electrons. The van der Waals surface area contributed by atoms with Crippen molar-refractivity contribution in [2.45, 2.75) is 38.0 Å². The number of carbonyl (C=O) groups excluding carboxylic acids is 1. The van der Waals surface area contributed by atoms with Gasteiger partial charge in [-0.05, 0) is 45.9 Å². The van der Waals surface area contributed by atoms with Crippen LogP contribution in [0.25, 0.3) is 16.6 Å². The molecule has 2 aromatic carbocycles. The number of rotatable bonds is 5. The van der Waals surface area contributed by atoms with E-state index >= 15 is 0 Å². The molecule has 4 aromatic rings. The molecule has 0 fully saturated rings. The summed E-state index contributed by atoms with van der Waals surface area (Å²) in [6.45, 7) is 7.62. The molecule has 1 N–H and O–H groups in total. The van der Waals surface area contributed by atoms with Gasteiger partial charge in [-0.1, -0.05) is 48.2 Å². The Hall–Kier alpha value is -3.19. The lowest BCUT2D eigenvalue weighted by Gasteiger charge is -2.13. The summed E-state index contributed by atoms with van der Waals surface area (Å²) in [6.07, 6.45) is 0. The molecule has 0 spiro atoms. The van der Waals surface area contributed by atoms with E-state index in [1.54, 1.807) is 0 Å². The number of aromatic nitrogens is 4. The molecule has 1 unspecified atom stereocenters. The van der Waals surface area contributed by atoms with E-state index in [9.17, 15) is 4.79 Å². The van der Waals surface area contributed by atoms with E-state index < -0.39 is 0 Å². The third kappa shape index (κ3) is 3.93. The molecule has 0 aliphatic heterocycles. The van der Waals surface area contributed by atoms with E-state index in [4.69, 9.17) is 0 Å². The van der Waals surface area contributed by atoms with Crippen LogP contribution in [0.15, 0.2) is 59.6 Å². The highest BCUT2D eigenvalue weighted by Gasteiger charge is 2.21. The number of nitrogens with one attached hydrogen (secondary N) is 1. The second-order valence-electron chi connectivity index (χ2n) is 7.14. The van der Waals surface area contributed by atoms with Gasteiger partial charge >= 0.3 is 0 Å². The average Bonchev–Trinajstić information content (AvgIpc) is 3.02. The van der Waals surface area contributed by atoms with Crippen molar-refractivity contribution < 1.29 is 4.79 Å². The predicted octanol–water partition coefficient (Wildman–Crippen LogP) is 4.86. The lowest BCUT2D eigenvalue weighted by molar-refractivity contribution is -0.115. The van der Waals surface area contributed by atoms with E-state index in [1.807, 2.05) is 87.0 Å². The highest BCUT2D eigenvalue weighted by Crippen LogP contribution is 2.30. The fraction of sp³-hybridized carbons (Fsp3) is 0.217. The van der Waals surface area contributed by atoms with Crippen molar-refractivity contribution in [3.63, 3.8) is 0 Å². The second kappa shape index (κ2) is 8.28. The smallest absolute Gasteiger partial charge is 0.237 e. The van der Waals surface area contributed by atoms with Gasteiger partial charge in [0.15, 0.2) is 0 Å². The summed E-state index contributed by atoms with van der Waals surface area (Å²) in [5.74, 6) is 0.610. The van der Waals surface area contributed by atoms with Crippen LogP contribution in [-0.4, -0.2) is 30.9 Å². The first kappa shape index (κ1) is 20.1. The number of para-hydroxylation sites is 2. The third-order valence-corrected chi connectivity index (χ3v) is 5.98. The molecule has 1 atom stereocenters. The summed E-state index contributed by atoms with van der Waals surface area (Å²) in [5.41, 5.74) is 4.28. The molecule has 2 aromatic heterocycles. The maximum absolute atomic E-state index is 13.0. The summed E-state index contributed by atoms with van der Waals surface area (Å²) in [7, 11) is 0. The van der Waals surface area contributed by atoms with Gasteiger partial charge in [0.1, 0.15) is 10.9 Å². The summed E-state index contributed by atoms with van der Waals surface area (Å²) < 4.78 is 1.85. The van der Waals surface area contributed by atoms with Crippen LogP contribution in [0.3, 0.4) is 0 Å². The first-order valence-electron chi connectivity index (χ1n) is 9.76. The molecule has 0 radical (unpaired) electrons. The first-order chi connectivity index (χ1) is 14.4. The third-order valence-electron chi connectivity index (χ3n) is 4.88. The lowest BCUT2D eigenvalue weighted by atomic mass is 10.2. The number of fused-ring (bicyclic) bond motifs is 1. The van der Waals surface area contributed by atoms with Gasteiger partial charge in [0.05, 0.1) is 33.5 Å². The van der Waals surface area contributed by atoms with Gasteiger partial charge in [-0.2, -0.15) is 5.10 Å². The molecule has 0 bridgehead atoms. The van der Waals surface area contributed by atoms with Crippen LogP contribution in [0.1, 0.15) is 24.1 Å². The fourth-order valence-electron chi connectivity index (χ4n) is 3.34. The predicted molar refractivity (Wildman–Crippen MR) is 121 cm³/mol. The summed E-state index contributed by atoms with van der Waals surface area (Å²) in [5, 5.41) is 9.11. The Balaban J connectivity index is 1.56. The van der Waals surface area contributed by atoms with Crippen LogP contribution in [0.5, 0.6) is 0 Å². The van der Waals surface area contributed by atoms with Crippen molar-refractivity contribution in [2.75, 3.05) is 5.32 Å². The lowest BCUT2D eigenvalue weighted by Crippen LogP contribution is -2.23. The Bertz CT molecular complexity index is 1220.